The molecule has 0 bridgehead atoms. The van der Waals surface area contributed by atoms with Gasteiger partial charge in [-0.3, -0.25) is 9.59 Å². The lowest BCUT2D eigenvalue weighted by atomic mass is 10.0. The van der Waals surface area contributed by atoms with Crippen molar-refractivity contribution < 1.29 is 23.9 Å². The Kier molecular flexibility index (Phi) is 6.39. The van der Waals surface area contributed by atoms with Gasteiger partial charge >= 0.3 is 6.09 Å². The summed E-state index contributed by atoms with van der Waals surface area (Å²) in [5, 5.41) is 12.6. The quantitative estimate of drug-likeness (QED) is 0.587. The second-order valence-corrected chi connectivity index (χ2v) is 8.48. The fourth-order valence-corrected chi connectivity index (χ4v) is 4.32. The van der Waals surface area contributed by atoms with Crippen LogP contribution >= 0.6 is 11.6 Å². The Morgan fingerprint density at radius 2 is 1.91 bits per heavy atom. The third-order valence-corrected chi connectivity index (χ3v) is 6.21. The zero-order valence-electron chi connectivity index (χ0n) is 18.5. The van der Waals surface area contributed by atoms with Crippen LogP contribution in [0.2, 0.25) is 5.02 Å². The summed E-state index contributed by atoms with van der Waals surface area (Å²) >= 11 is 6.45. The maximum absolute atomic E-state index is 14.5. The van der Waals surface area contributed by atoms with Crippen LogP contribution in [0.25, 0.3) is 22.2 Å². The summed E-state index contributed by atoms with van der Waals surface area (Å²) in [6.07, 6.45) is -1.00. The number of carbonyl (C=O) groups excluding carboxylic acids is 2. The average molecular weight is 485 g/mol. The van der Waals surface area contributed by atoms with Gasteiger partial charge in [0.1, 0.15) is 5.82 Å². The van der Waals surface area contributed by atoms with Crippen LogP contribution in [-0.4, -0.2) is 70.5 Å². The van der Waals surface area contributed by atoms with Crippen LogP contribution in [0.3, 0.4) is 0 Å². The molecule has 2 aromatic carbocycles. The minimum atomic E-state index is -1.00. The van der Waals surface area contributed by atoms with Crippen LogP contribution in [0.5, 0.6) is 0 Å². The number of nitrogens with zero attached hydrogens (tertiary/aromatic N) is 3. The highest BCUT2D eigenvalue weighted by atomic mass is 35.5. The molecular formula is C24H22ClFN4O4. The third kappa shape index (κ3) is 4.38. The lowest BCUT2D eigenvalue weighted by Gasteiger charge is -2.38. The largest absolute Gasteiger partial charge is 0.465 e. The first kappa shape index (κ1) is 23.4. The van der Waals surface area contributed by atoms with Gasteiger partial charge in [0.25, 0.3) is 11.8 Å². The monoisotopic (exact) mass is 484 g/mol. The number of hydrogen-bond donors (Lipinski definition) is 2. The summed E-state index contributed by atoms with van der Waals surface area (Å²) in [4.78, 5) is 43.6. The molecule has 34 heavy (non-hydrogen) atoms. The van der Waals surface area contributed by atoms with Gasteiger partial charge in [-0.25, -0.2) is 14.2 Å². The van der Waals surface area contributed by atoms with Gasteiger partial charge in [-0.15, -0.1) is 0 Å². The van der Waals surface area contributed by atoms with Crippen molar-refractivity contribution in [1.29, 1.82) is 0 Å². The lowest BCUT2D eigenvalue weighted by molar-refractivity contribution is 0.0484. The number of fused-ring (bicyclic) bond motifs is 1. The zero-order valence-corrected chi connectivity index (χ0v) is 19.3. The smallest absolute Gasteiger partial charge is 0.407 e. The number of aromatic nitrogens is 1. The van der Waals surface area contributed by atoms with Gasteiger partial charge in [-0.1, -0.05) is 23.7 Å². The molecule has 1 aliphatic rings. The number of benzene rings is 2. The average Bonchev–Trinajstić information content (AvgIpc) is 2.82. The van der Waals surface area contributed by atoms with E-state index in [2.05, 4.69) is 10.3 Å². The summed E-state index contributed by atoms with van der Waals surface area (Å²) in [5.41, 5.74) is 1.60. The number of amides is 3. The number of nitrogens with one attached hydrogen (secondary N) is 1. The molecule has 0 aliphatic carbocycles. The minimum Gasteiger partial charge on any atom is -0.465 e. The first-order valence-electron chi connectivity index (χ1n) is 10.6. The standard InChI is InChI=1S/C24H22ClFN4O4/c1-13-12-29(24(33)34)7-8-30(13)23(32)15-4-5-16-18(25)11-20(28-21(16)10-15)14-3-6-17(19(26)9-14)22(31)27-2/h3-6,9-11,13H,7-8,12H2,1-2H3,(H,27,31)(H,33,34). The molecule has 0 spiro atoms. The van der Waals surface area contributed by atoms with E-state index in [0.29, 0.717) is 32.7 Å². The molecule has 0 radical (unpaired) electrons. The molecule has 2 N–H and O–H groups in total. The first-order valence-corrected chi connectivity index (χ1v) is 11.0. The van der Waals surface area contributed by atoms with E-state index in [0.717, 1.165) is 0 Å². The molecule has 1 atom stereocenters. The van der Waals surface area contributed by atoms with Crippen molar-refractivity contribution in [3.05, 3.63) is 64.4 Å². The number of halogens is 2. The number of hydrogen-bond acceptors (Lipinski definition) is 4. The normalized spacial score (nSPS) is 15.9. The van der Waals surface area contributed by atoms with Gasteiger partial charge in [0.05, 0.1) is 21.8 Å². The van der Waals surface area contributed by atoms with E-state index in [1.54, 1.807) is 42.2 Å². The third-order valence-electron chi connectivity index (χ3n) is 5.90. The second-order valence-electron chi connectivity index (χ2n) is 8.07. The summed E-state index contributed by atoms with van der Waals surface area (Å²) in [6, 6.07) is 10.5. The van der Waals surface area contributed by atoms with E-state index in [1.165, 1.54) is 24.1 Å². The molecule has 1 fully saturated rings. The van der Waals surface area contributed by atoms with Crippen molar-refractivity contribution in [2.75, 3.05) is 26.7 Å². The van der Waals surface area contributed by atoms with Crippen LogP contribution in [0.4, 0.5) is 9.18 Å². The molecule has 0 saturated carbocycles. The van der Waals surface area contributed by atoms with Crippen LogP contribution in [0.1, 0.15) is 27.6 Å². The highest BCUT2D eigenvalue weighted by Crippen LogP contribution is 2.30. The molecule has 1 aliphatic heterocycles. The second kappa shape index (κ2) is 9.26. The zero-order chi connectivity index (χ0) is 24.6. The fraction of sp³-hybridized carbons (Fsp3) is 0.250. The Hall–Kier alpha value is -3.72. The van der Waals surface area contributed by atoms with Gasteiger partial charge in [0, 0.05) is 49.2 Å². The van der Waals surface area contributed by atoms with Crippen LogP contribution < -0.4 is 5.32 Å². The van der Waals surface area contributed by atoms with Gasteiger partial charge in [0.2, 0.25) is 0 Å². The Morgan fingerprint density at radius 1 is 1.15 bits per heavy atom. The van der Waals surface area contributed by atoms with E-state index < -0.39 is 17.8 Å². The molecule has 2 heterocycles. The molecule has 3 aromatic rings. The number of carbonyl (C=O) groups is 3. The number of pyridine rings is 1. The topological polar surface area (TPSA) is 103 Å². The molecular weight excluding hydrogens is 463 g/mol. The predicted octanol–water partition coefficient (Wildman–Crippen LogP) is 3.88. The molecule has 1 saturated heterocycles. The highest BCUT2D eigenvalue weighted by Gasteiger charge is 2.30. The van der Waals surface area contributed by atoms with E-state index in [1.807, 2.05) is 0 Å². The number of rotatable bonds is 3. The van der Waals surface area contributed by atoms with Crippen molar-refractivity contribution in [1.82, 2.24) is 20.1 Å². The van der Waals surface area contributed by atoms with Gasteiger partial charge in [0.15, 0.2) is 0 Å². The summed E-state index contributed by atoms with van der Waals surface area (Å²) < 4.78 is 14.5. The Balaban J connectivity index is 1.67. The van der Waals surface area contributed by atoms with Gasteiger partial charge in [-0.2, -0.15) is 0 Å². The lowest BCUT2D eigenvalue weighted by Crippen LogP contribution is -2.55. The Morgan fingerprint density at radius 3 is 2.56 bits per heavy atom. The summed E-state index contributed by atoms with van der Waals surface area (Å²) in [7, 11) is 1.42. The Bertz CT molecular complexity index is 1320. The molecule has 10 heteroatoms. The van der Waals surface area contributed by atoms with Crippen LogP contribution in [-0.2, 0) is 0 Å². The molecule has 3 amide bonds. The summed E-state index contributed by atoms with van der Waals surface area (Å²) in [6.45, 7) is 2.57. The summed E-state index contributed by atoms with van der Waals surface area (Å²) in [5.74, 6) is -1.45. The van der Waals surface area contributed by atoms with Crippen LogP contribution in [0, 0.1) is 5.82 Å². The molecule has 176 valence electrons. The first-order chi connectivity index (χ1) is 16.2. The molecule has 8 nitrogen and oxygen atoms in total. The van der Waals surface area contributed by atoms with E-state index in [-0.39, 0.29) is 37.1 Å². The van der Waals surface area contributed by atoms with Crippen molar-refractivity contribution in [2.45, 2.75) is 13.0 Å². The van der Waals surface area contributed by atoms with E-state index >= 15 is 0 Å². The van der Waals surface area contributed by atoms with Crippen molar-refractivity contribution in [2.24, 2.45) is 0 Å². The predicted molar refractivity (Wildman–Crippen MR) is 126 cm³/mol. The minimum absolute atomic E-state index is 0.0804. The van der Waals surface area contributed by atoms with E-state index in [9.17, 15) is 23.9 Å². The van der Waals surface area contributed by atoms with Crippen molar-refractivity contribution >= 4 is 40.4 Å². The van der Waals surface area contributed by atoms with E-state index in [4.69, 9.17) is 11.6 Å². The number of carboxylic acid groups (broad SMARTS) is 1. The maximum atomic E-state index is 14.5. The van der Waals surface area contributed by atoms with Gasteiger partial charge < -0.3 is 20.2 Å². The molecule has 1 aromatic heterocycles. The van der Waals surface area contributed by atoms with Crippen molar-refractivity contribution in [3.63, 3.8) is 0 Å². The molecule has 4 rings (SSSR count). The van der Waals surface area contributed by atoms with Crippen LogP contribution in [0.15, 0.2) is 42.5 Å². The fourth-order valence-electron chi connectivity index (χ4n) is 4.06. The van der Waals surface area contributed by atoms with Gasteiger partial charge in [-0.05, 0) is 37.3 Å². The molecule has 1 unspecified atom stereocenters. The Labute approximate surface area is 199 Å². The number of piperazine rings is 1. The highest BCUT2D eigenvalue weighted by molar-refractivity contribution is 6.35. The van der Waals surface area contributed by atoms with Crippen molar-refractivity contribution in [3.8, 4) is 11.3 Å². The maximum Gasteiger partial charge on any atom is 0.407 e. The SMILES string of the molecule is CNC(=O)c1ccc(-c2cc(Cl)c3ccc(C(=O)N4CCN(C(=O)O)CC4C)cc3n2)cc1F.